The second-order valence-electron chi connectivity index (χ2n) is 4.69. The first-order valence-electron chi connectivity index (χ1n) is 6.23. The number of carbonyl (C=O) groups is 1. The Kier molecular flexibility index (Phi) is 4.06. The summed E-state index contributed by atoms with van der Waals surface area (Å²) in [7, 11) is 1.62. The van der Waals surface area contributed by atoms with E-state index in [2.05, 4.69) is 5.32 Å². The van der Waals surface area contributed by atoms with Gasteiger partial charge in [0.2, 0.25) is 5.91 Å². The molecular weight excluding hydrogens is 242 g/mol. The van der Waals surface area contributed by atoms with E-state index in [0.717, 1.165) is 10.9 Å². The van der Waals surface area contributed by atoms with E-state index in [1.54, 1.807) is 7.11 Å². The van der Waals surface area contributed by atoms with E-state index in [0.29, 0.717) is 12.3 Å². The Morgan fingerprint density at radius 1 is 1.47 bits per heavy atom. The molecule has 1 unspecified atom stereocenters. The maximum Gasteiger partial charge on any atom is 0.240 e. The number of amides is 1. The minimum absolute atomic E-state index is 0.00407. The largest absolute Gasteiger partial charge is 0.399 e. The van der Waals surface area contributed by atoms with Crippen molar-refractivity contribution < 1.29 is 9.53 Å². The van der Waals surface area contributed by atoms with Crippen LogP contribution in [0.1, 0.15) is 6.92 Å². The molecule has 3 N–H and O–H groups in total. The van der Waals surface area contributed by atoms with Gasteiger partial charge in [0, 0.05) is 25.0 Å². The zero-order valence-electron chi connectivity index (χ0n) is 11.2. The van der Waals surface area contributed by atoms with Gasteiger partial charge in [-0.25, -0.2) is 0 Å². The number of nitrogens with two attached hydrogens (primary N) is 1. The van der Waals surface area contributed by atoms with Crippen LogP contribution in [0.3, 0.4) is 0 Å². The van der Waals surface area contributed by atoms with Gasteiger partial charge in [-0.3, -0.25) is 4.79 Å². The molecule has 2 aromatic rings. The molecule has 0 aliphatic rings. The summed E-state index contributed by atoms with van der Waals surface area (Å²) in [5.74, 6) is -0.0375. The van der Waals surface area contributed by atoms with Crippen molar-refractivity contribution in [2.45, 2.75) is 19.5 Å². The smallest absolute Gasteiger partial charge is 0.240 e. The molecule has 0 aliphatic carbocycles. The van der Waals surface area contributed by atoms with Crippen LogP contribution in [0.2, 0.25) is 0 Å². The number of benzene rings is 1. The van der Waals surface area contributed by atoms with E-state index < -0.39 is 0 Å². The molecule has 1 aromatic heterocycles. The van der Waals surface area contributed by atoms with Crippen LogP contribution in [0.15, 0.2) is 30.5 Å². The SMILES string of the molecule is COCC(C)NC(=O)Cn1ccc2ccc(N)cc21. The van der Waals surface area contributed by atoms with E-state index in [9.17, 15) is 4.79 Å². The van der Waals surface area contributed by atoms with Crippen LogP contribution >= 0.6 is 0 Å². The summed E-state index contributed by atoms with van der Waals surface area (Å²) in [6.07, 6.45) is 1.89. The third-order valence-corrected chi connectivity index (χ3v) is 2.94. The van der Waals surface area contributed by atoms with Crippen molar-refractivity contribution in [2.75, 3.05) is 19.5 Å². The van der Waals surface area contributed by atoms with Gasteiger partial charge in [-0.1, -0.05) is 6.07 Å². The fraction of sp³-hybridized carbons (Fsp3) is 0.357. The first-order chi connectivity index (χ1) is 9.10. The quantitative estimate of drug-likeness (QED) is 0.799. The molecule has 0 saturated heterocycles. The van der Waals surface area contributed by atoms with Crippen molar-refractivity contribution in [1.82, 2.24) is 9.88 Å². The van der Waals surface area contributed by atoms with Crippen LogP contribution in [0, 0.1) is 0 Å². The molecule has 1 amide bonds. The first-order valence-corrected chi connectivity index (χ1v) is 6.23. The normalized spacial score (nSPS) is 12.5. The minimum Gasteiger partial charge on any atom is -0.399 e. The average molecular weight is 261 g/mol. The van der Waals surface area contributed by atoms with Crippen molar-refractivity contribution in [3.8, 4) is 0 Å². The molecule has 5 nitrogen and oxygen atoms in total. The standard InChI is InChI=1S/C14H19N3O2/c1-10(9-19-2)16-14(18)8-17-6-5-11-3-4-12(15)7-13(11)17/h3-7,10H,8-9,15H2,1-2H3,(H,16,18). The highest BCUT2D eigenvalue weighted by Gasteiger charge is 2.09. The Labute approximate surface area is 112 Å². The molecule has 102 valence electrons. The molecule has 0 aliphatic heterocycles. The monoisotopic (exact) mass is 261 g/mol. The zero-order chi connectivity index (χ0) is 13.8. The van der Waals surface area contributed by atoms with Crippen molar-refractivity contribution in [3.63, 3.8) is 0 Å². The van der Waals surface area contributed by atoms with Crippen molar-refractivity contribution in [3.05, 3.63) is 30.5 Å². The molecule has 19 heavy (non-hydrogen) atoms. The summed E-state index contributed by atoms with van der Waals surface area (Å²) in [6, 6.07) is 7.66. The number of nitrogens with zero attached hydrogens (tertiary/aromatic N) is 1. The van der Waals surface area contributed by atoms with Crippen molar-refractivity contribution in [2.24, 2.45) is 0 Å². The molecule has 5 heteroatoms. The molecule has 1 aromatic carbocycles. The molecule has 1 atom stereocenters. The number of fused-ring (bicyclic) bond motifs is 1. The van der Waals surface area contributed by atoms with Crippen LogP contribution in [0.5, 0.6) is 0 Å². The minimum atomic E-state index is -0.0375. The van der Waals surface area contributed by atoms with Gasteiger partial charge >= 0.3 is 0 Å². The number of anilines is 1. The van der Waals surface area contributed by atoms with Gasteiger partial charge in [-0.2, -0.15) is 0 Å². The highest BCUT2D eigenvalue weighted by molar-refractivity contribution is 5.85. The number of methoxy groups -OCH3 is 1. The van der Waals surface area contributed by atoms with E-state index in [-0.39, 0.29) is 18.5 Å². The third kappa shape index (κ3) is 3.26. The lowest BCUT2D eigenvalue weighted by molar-refractivity contribution is -0.122. The van der Waals surface area contributed by atoms with E-state index in [4.69, 9.17) is 10.5 Å². The average Bonchev–Trinajstić information content (AvgIpc) is 2.72. The molecule has 1 heterocycles. The van der Waals surface area contributed by atoms with Crippen LogP contribution in [0.25, 0.3) is 10.9 Å². The molecule has 0 saturated carbocycles. The Morgan fingerprint density at radius 2 is 2.26 bits per heavy atom. The highest BCUT2D eigenvalue weighted by atomic mass is 16.5. The molecular formula is C14H19N3O2. The van der Waals surface area contributed by atoms with Crippen molar-refractivity contribution >= 4 is 22.5 Å². The number of aromatic nitrogens is 1. The Bertz CT molecular complexity index is 577. The Hall–Kier alpha value is -2.01. The van der Waals surface area contributed by atoms with Gasteiger partial charge < -0.3 is 20.4 Å². The number of hydrogen-bond acceptors (Lipinski definition) is 3. The van der Waals surface area contributed by atoms with Gasteiger partial charge in [0.25, 0.3) is 0 Å². The zero-order valence-corrected chi connectivity index (χ0v) is 11.2. The van der Waals surface area contributed by atoms with E-state index in [1.807, 2.05) is 42.0 Å². The molecule has 0 fully saturated rings. The summed E-state index contributed by atoms with van der Waals surface area (Å²) in [5, 5.41) is 3.96. The van der Waals surface area contributed by atoms with Gasteiger partial charge in [-0.15, -0.1) is 0 Å². The Morgan fingerprint density at radius 3 is 3.00 bits per heavy atom. The van der Waals surface area contributed by atoms with Gasteiger partial charge in [0.1, 0.15) is 6.54 Å². The van der Waals surface area contributed by atoms with E-state index in [1.165, 1.54) is 0 Å². The number of carbonyl (C=O) groups excluding carboxylic acids is 1. The summed E-state index contributed by atoms with van der Waals surface area (Å²) in [4.78, 5) is 11.9. The second-order valence-corrected chi connectivity index (χ2v) is 4.69. The number of ether oxygens (including phenoxy) is 1. The fourth-order valence-electron chi connectivity index (χ4n) is 2.11. The fourth-order valence-corrected chi connectivity index (χ4v) is 2.11. The topological polar surface area (TPSA) is 69.3 Å². The maximum atomic E-state index is 11.9. The van der Waals surface area contributed by atoms with Crippen LogP contribution in [-0.2, 0) is 16.1 Å². The maximum absolute atomic E-state index is 11.9. The summed E-state index contributed by atoms with van der Waals surface area (Å²) in [6.45, 7) is 2.69. The summed E-state index contributed by atoms with van der Waals surface area (Å²) < 4.78 is 6.88. The first kappa shape index (κ1) is 13.4. The highest BCUT2D eigenvalue weighted by Crippen LogP contribution is 2.18. The molecule has 2 rings (SSSR count). The predicted octanol–water partition coefficient (Wildman–Crippen LogP) is 1.37. The van der Waals surface area contributed by atoms with Crippen molar-refractivity contribution in [1.29, 1.82) is 0 Å². The van der Waals surface area contributed by atoms with Gasteiger partial charge in [0.15, 0.2) is 0 Å². The number of hydrogen-bond donors (Lipinski definition) is 2. The summed E-state index contributed by atoms with van der Waals surface area (Å²) >= 11 is 0. The van der Waals surface area contributed by atoms with Crippen LogP contribution < -0.4 is 11.1 Å². The van der Waals surface area contributed by atoms with Crippen LogP contribution in [-0.4, -0.2) is 30.2 Å². The number of nitrogens with one attached hydrogen (secondary N) is 1. The summed E-state index contributed by atoms with van der Waals surface area (Å²) in [5.41, 5.74) is 7.43. The Balaban J connectivity index is 2.08. The lowest BCUT2D eigenvalue weighted by Crippen LogP contribution is -2.37. The molecule has 0 radical (unpaired) electrons. The number of rotatable bonds is 5. The van der Waals surface area contributed by atoms with E-state index >= 15 is 0 Å². The van der Waals surface area contributed by atoms with Gasteiger partial charge in [0.05, 0.1) is 12.1 Å². The number of nitrogen functional groups attached to an aromatic ring is 1. The lowest BCUT2D eigenvalue weighted by atomic mass is 10.2. The molecule has 0 bridgehead atoms. The second kappa shape index (κ2) is 5.75. The molecule has 0 spiro atoms. The van der Waals surface area contributed by atoms with Gasteiger partial charge in [-0.05, 0) is 30.5 Å². The van der Waals surface area contributed by atoms with Crippen LogP contribution in [0.4, 0.5) is 5.69 Å². The third-order valence-electron chi connectivity index (χ3n) is 2.94. The predicted molar refractivity (Wildman–Crippen MR) is 75.8 cm³/mol. The lowest BCUT2D eigenvalue weighted by Gasteiger charge is -2.13.